The van der Waals surface area contributed by atoms with Crippen LogP contribution in [-0.4, -0.2) is 59.7 Å². The van der Waals surface area contributed by atoms with Gasteiger partial charge >= 0.3 is 0 Å². The van der Waals surface area contributed by atoms with Gasteiger partial charge in [0.2, 0.25) is 10.0 Å². The van der Waals surface area contributed by atoms with Gasteiger partial charge in [0.15, 0.2) is 0 Å². The molecule has 0 bridgehead atoms. The lowest BCUT2D eigenvalue weighted by molar-refractivity contribution is 0.245. The number of aryl methyl sites for hydroxylation is 1. The van der Waals surface area contributed by atoms with Gasteiger partial charge in [-0.25, -0.2) is 13.1 Å². The average molecular weight is 421 g/mol. The standard InChI is InChI=1S/C14H22ClN3O3S.2ClH/c1-11-9-13(21-2)12(15)10-14(11)22(19,20)17-5-8-18-6-3-16-4-7-18;;/h9-10,16-17H,3-8H2,1-2H3;2*1H. The van der Waals surface area contributed by atoms with Crippen molar-refractivity contribution >= 4 is 46.4 Å². The van der Waals surface area contributed by atoms with Gasteiger partial charge in [-0.1, -0.05) is 11.6 Å². The van der Waals surface area contributed by atoms with Crippen LogP contribution < -0.4 is 14.8 Å². The fourth-order valence-electron chi connectivity index (χ4n) is 2.43. The molecule has 24 heavy (non-hydrogen) atoms. The Labute approximate surface area is 161 Å². The Bertz CT molecular complexity index is 623. The largest absolute Gasteiger partial charge is 0.495 e. The van der Waals surface area contributed by atoms with Gasteiger partial charge in [-0.3, -0.25) is 4.90 Å². The molecule has 0 amide bonds. The molecule has 1 aliphatic heterocycles. The molecule has 140 valence electrons. The minimum absolute atomic E-state index is 0. The third-order valence-electron chi connectivity index (χ3n) is 3.67. The van der Waals surface area contributed by atoms with E-state index in [4.69, 9.17) is 16.3 Å². The molecule has 2 rings (SSSR count). The molecule has 1 fully saturated rings. The van der Waals surface area contributed by atoms with Gasteiger partial charge in [-0.15, -0.1) is 24.8 Å². The van der Waals surface area contributed by atoms with Crippen molar-refractivity contribution in [3.05, 3.63) is 22.7 Å². The van der Waals surface area contributed by atoms with E-state index in [9.17, 15) is 8.42 Å². The smallest absolute Gasteiger partial charge is 0.240 e. The van der Waals surface area contributed by atoms with E-state index in [0.29, 0.717) is 24.4 Å². The molecule has 0 aliphatic carbocycles. The molecular weight excluding hydrogens is 397 g/mol. The van der Waals surface area contributed by atoms with E-state index in [0.717, 1.165) is 26.2 Å². The second-order valence-corrected chi connectivity index (χ2v) is 7.38. The number of nitrogens with zero attached hydrogens (tertiary/aromatic N) is 1. The van der Waals surface area contributed by atoms with Crippen LogP contribution in [0.15, 0.2) is 17.0 Å². The van der Waals surface area contributed by atoms with Crippen LogP contribution >= 0.6 is 36.4 Å². The summed E-state index contributed by atoms with van der Waals surface area (Å²) in [4.78, 5) is 2.42. The SMILES string of the molecule is COc1cc(C)c(S(=O)(=O)NCCN2CCNCC2)cc1Cl.Cl.Cl. The maximum Gasteiger partial charge on any atom is 0.240 e. The van der Waals surface area contributed by atoms with Crippen LogP contribution in [0.1, 0.15) is 5.56 Å². The maximum absolute atomic E-state index is 12.4. The van der Waals surface area contributed by atoms with Crippen molar-refractivity contribution in [1.29, 1.82) is 0 Å². The van der Waals surface area contributed by atoms with Crippen molar-refractivity contribution in [3.8, 4) is 5.75 Å². The molecule has 0 spiro atoms. The lowest BCUT2D eigenvalue weighted by Crippen LogP contribution is -2.46. The molecule has 2 N–H and O–H groups in total. The number of hydrogen-bond donors (Lipinski definition) is 2. The minimum Gasteiger partial charge on any atom is -0.495 e. The normalized spacial score (nSPS) is 15.3. The monoisotopic (exact) mass is 419 g/mol. The number of nitrogens with one attached hydrogen (secondary N) is 2. The second-order valence-electron chi connectivity index (χ2n) is 5.24. The van der Waals surface area contributed by atoms with Gasteiger partial charge < -0.3 is 10.1 Å². The predicted molar refractivity (Wildman–Crippen MR) is 102 cm³/mol. The zero-order chi connectivity index (χ0) is 16.2. The van der Waals surface area contributed by atoms with Crippen molar-refractivity contribution in [3.63, 3.8) is 0 Å². The highest BCUT2D eigenvalue weighted by molar-refractivity contribution is 7.89. The molecule has 0 unspecified atom stereocenters. The highest BCUT2D eigenvalue weighted by Crippen LogP contribution is 2.29. The summed E-state index contributed by atoms with van der Waals surface area (Å²) in [5.41, 5.74) is 0.607. The molecule has 0 atom stereocenters. The highest BCUT2D eigenvalue weighted by Gasteiger charge is 2.19. The van der Waals surface area contributed by atoms with Crippen LogP contribution in [0.5, 0.6) is 5.75 Å². The summed E-state index contributed by atoms with van der Waals surface area (Å²) >= 11 is 6.03. The first-order valence-corrected chi connectivity index (χ1v) is 9.07. The molecule has 0 saturated carbocycles. The van der Waals surface area contributed by atoms with Gasteiger partial charge in [0, 0.05) is 39.3 Å². The van der Waals surface area contributed by atoms with Crippen LogP contribution in [0.3, 0.4) is 0 Å². The number of halogens is 3. The molecule has 1 aromatic carbocycles. The highest BCUT2D eigenvalue weighted by atomic mass is 35.5. The van der Waals surface area contributed by atoms with E-state index in [1.807, 2.05) is 0 Å². The number of benzene rings is 1. The third kappa shape index (κ3) is 6.22. The number of hydrogen-bond acceptors (Lipinski definition) is 5. The summed E-state index contributed by atoms with van der Waals surface area (Å²) in [6.07, 6.45) is 0. The van der Waals surface area contributed by atoms with Gasteiger partial charge in [0.1, 0.15) is 5.75 Å². The fraction of sp³-hybridized carbons (Fsp3) is 0.571. The van der Waals surface area contributed by atoms with Gasteiger partial charge in [0.05, 0.1) is 17.0 Å². The molecule has 0 aromatic heterocycles. The molecule has 1 aromatic rings. The lowest BCUT2D eigenvalue weighted by Gasteiger charge is -2.27. The van der Waals surface area contributed by atoms with Crippen LogP contribution in [0.4, 0.5) is 0 Å². The minimum atomic E-state index is -3.57. The first-order chi connectivity index (χ1) is 10.4. The number of sulfonamides is 1. The van der Waals surface area contributed by atoms with Gasteiger partial charge in [-0.2, -0.15) is 0 Å². The third-order valence-corrected chi connectivity index (χ3v) is 5.57. The molecular formula is C14H24Cl3N3O3S. The molecule has 1 heterocycles. The Hall–Kier alpha value is -0.280. The molecule has 10 heteroatoms. The van der Waals surface area contributed by atoms with Crippen molar-refractivity contribution in [2.24, 2.45) is 0 Å². The Morgan fingerprint density at radius 2 is 1.92 bits per heavy atom. The van der Waals surface area contributed by atoms with Gasteiger partial charge in [0.25, 0.3) is 0 Å². The average Bonchev–Trinajstić information content (AvgIpc) is 2.50. The molecule has 0 radical (unpaired) electrons. The zero-order valence-electron chi connectivity index (χ0n) is 13.7. The molecule has 6 nitrogen and oxygen atoms in total. The van der Waals surface area contributed by atoms with Crippen LogP contribution in [-0.2, 0) is 10.0 Å². The summed E-state index contributed by atoms with van der Waals surface area (Å²) < 4.78 is 32.5. The van der Waals surface area contributed by atoms with Crippen LogP contribution in [0.2, 0.25) is 5.02 Å². The quantitative estimate of drug-likeness (QED) is 0.733. The summed E-state index contributed by atoms with van der Waals surface area (Å²) in [7, 11) is -2.07. The Kier molecular flexibility index (Phi) is 10.5. The maximum atomic E-state index is 12.4. The van der Waals surface area contributed by atoms with Crippen molar-refractivity contribution in [1.82, 2.24) is 14.9 Å². The Morgan fingerprint density at radius 1 is 1.29 bits per heavy atom. The lowest BCUT2D eigenvalue weighted by atomic mass is 10.2. The number of rotatable bonds is 6. The van der Waals surface area contributed by atoms with Crippen LogP contribution in [0, 0.1) is 6.92 Å². The van der Waals surface area contributed by atoms with Gasteiger partial charge in [-0.05, 0) is 24.6 Å². The molecule has 1 saturated heterocycles. The fourth-order valence-corrected chi connectivity index (χ4v) is 4.01. The molecule has 1 aliphatic rings. The first kappa shape index (κ1) is 23.7. The topological polar surface area (TPSA) is 70.7 Å². The van der Waals surface area contributed by atoms with E-state index in [1.54, 1.807) is 13.0 Å². The Morgan fingerprint density at radius 3 is 2.50 bits per heavy atom. The number of piperazine rings is 1. The predicted octanol–water partition coefficient (Wildman–Crippen LogP) is 1.68. The van der Waals surface area contributed by atoms with Crippen LogP contribution in [0.25, 0.3) is 0 Å². The summed E-state index contributed by atoms with van der Waals surface area (Å²) in [5, 5.41) is 3.55. The summed E-state index contributed by atoms with van der Waals surface area (Å²) in [6, 6.07) is 3.07. The summed E-state index contributed by atoms with van der Waals surface area (Å²) in [5.74, 6) is 0.471. The first-order valence-electron chi connectivity index (χ1n) is 7.21. The van der Waals surface area contributed by atoms with E-state index < -0.39 is 10.0 Å². The Balaban J connectivity index is 0.00000264. The van der Waals surface area contributed by atoms with Crippen molar-refractivity contribution < 1.29 is 13.2 Å². The number of ether oxygens (including phenoxy) is 1. The zero-order valence-corrected chi connectivity index (χ0v) is 16.9. The van der Waals surface area contributed by atoms with E-state index >= 15 is 0 Å². The summed E-state index contributed by atoms with van der Waals surface area (Å²) in [6.45, 7) is 6.57. The van der Waals surface area contributed by atoms with Crippen molar-refractivity contribution in [2.75, 3.05) is 46.4 Å². The van der Waals surface area contributed by atoms with E-state index in [2.05, 4.69) is 14.9 Å². The van der Waals surface area contributed by atoms with E-state index in [-0.39, 0.29) is 34.7 Å². The number of methoxy groups -OCH3 is 1. The second kappa shape index (κ2) is 10.7. The van der Waals surface area contributed by atoms with E-state index in [1.165, 1.54) is 13.2 Å². The van der Waals surface area contributed by atoms with Crippen molar-refractivity contribution in [2.45, 2.75) is 11.8 Å².